The maximum Gasteiger partial charge on any atom is 0.106 e. The van der Waals surface area contributed by atoms with Gasteiger partial charge in [-0.15, -0.1) is 0 Å². The molecule has 2 atom stereocenters. The zero-order valence-corrected chi connectivity index (χ0v) is 9.24. The molecule has 0 saturated carbocycles. The highest BCUT2D eigenvalue weighted by molar-refractivity contribution is 9.10. The average Bonchev–Trinajstić information content (AvgIpc) is 2.24. The van der Waals surface area contributed by atoms with Gasteiger partial charge in [-0.3, -0.25) is 0 Å². The van der Waals surface area contributed by atoms with E-state index < -0.39 is 12.2 Å². The number of aromatic nitrogens is 1. The lowest BCUT2D eigenvalue weighted by Gasteiger charge is -2.15. The van der Waals surface area contributed by atoms with Crippen molar-refractivity contribution in [1.82, 2.24) is 4.98 Å². The van der Waals surface area contributed by atoms with Crippen LogP contribution in [0.25, 0.3) is 10.4 Å². The number of aliphatic hydroxyl groups excluding tert-OH is 2. The summed E-state index contributed by atoms with van der Waals surface area (Å²) in [7, 11) is 0. The van der Waals surface area contributed by atoms with Gasteiger partial charge in [0.15, 0.2) is 0 Å². The Morgan fingerprint density at radius 1 is 1.60 bits per heavy atom. The highest BCUT2D eigenvalue weighted by atomic mass is 79.9. The summed E-state index contributed by atoms with van der Waals surface area (Å²) in [5.74, 6) is 0. The van der Waals surface area contributed by atoms with Crippen LogP contribution in [0, 0.1) is 0 Å². The predicted octanol–water partition coefficient (Wildman–Crippen LogP) is 1.55. The minimum absolute atomic E-state index is 0.169. The van der Waals surface area contributed by atoms with Gasteiger partial charge >= 0.3 is 0 Å². The SMILES string of the molecule is [N-]=[N+]=NCC(O)C(O)c1ccnc(Br)c1. The van der Waals surface area contributed by atoms with Crippen molar-refractivity contribution in [3.63, 3.8) is 0 Å². The zero-order chi connectivity index (χ0) is 11.3. The highest BCUT2D eigenvalue weighted by Crippen LogP contribution is 2.19. The third kappa shape index (κ3) is 3.49. The van der Waals surface area contributed by atoms with Gasteiger partial charge in [0.1, 0.15) is 10.7 Å². The minimum Gasteiger partial charge on any atom is -0.390 e. The third-order valence-electron chi connectivity index (χ3n) is 1.79. The van der Waals surface area contributed by atoms with Gasteiger partial charge in [0.25, 0.3) is 0 Å². The standard InChI is InChI=1S/C8H9BrN4O2/c9-7-3-5(1-2-11-7)8(15)6(14)4-12-13-10/h1-3,6,8,14-15H,4H2. The van der Waals surface area contributed by atoms with Crippen LogP contribution in [0.5, 0.6) is 0 Å². The number of azide groups is 1. The second kappa shape index (κ2) is 5.67. The number of hydrogen-bond donors (Lipinski definition) is 2. The average molecular weight is 273 g/mol. The molecule has 1 aromatic rings. The molecule has 0 aromatic carbocycles. The molecule has 6 nitrogen and oxygen atoms in total. The van der Waals surface area contributed by atoms with Crippen molar-refractivity contribution >= 4 is 15.9 Å². The lowest BCUT2D eigenvalue weighted by atomic mass is 10.1. The number of nitrogens with zero attached hydrogens (tertiary/aromatic N) is 4. The van der Waals surface area contributed by atoms with Crippen molar-refractivity contribution in [3.8, 4) is 0 Å². The largest absolute Gasteiger partial charge is 0.390 e. The van der Waals surface area contributed by atoms with Gasteiger partial charge in [0.2, 0.25) is 0 Å². The first-order valence-electron chi connectivity index (χ1n) is 4.13. The molecule has 0 aliphatic carbocycles. The van der Waals surface area contributed by atoms with Crippen LogP contribution in [0.3, 0.4) is 0 Å². The number of halogens is 1. The Morgan fingerprint density at radius 3 is 2.93 bits per heavy atom. The molecule has 2 N–H and O–H groups in total. The lowest BCUT2D eigenvalue weighted by Crippen LogP contribution is -2.21. The van der Waals surface area contributed by atoms with Crippen LogP contribution in [-0.2, 0) is 0 Å². The zero-order valence-electron chi connectivity index (χ0n) is 7.66. The lowest BCUT2D eigenvalue weighted by molar-refractivity contribution is 0.0243. The van der Waals surface area contributed by atoms with E-state index in [4.69, 9.17) is 5.53 Å². The molecule has 1 rings (SSSR count). The van der Waals surface area contributed by atoms with Crippen molar-refractivity contribution < 1.29 is 10.2 Å². The van der Waals surface area contributed by atoms with Crippen LogP contribution in [0.15, 0.2) is 28.0 Å². The van der Waals surface area contributed by atoms with E-state index in [2.05, 4.69) is 30.9 Å². The molecule has 0 bridgehead atoms. The highest BCUT2D eigenvalue weighted by Gasteiger charge is 2.17. The molecule has 15 heavy (non-hydrogen) atoms. The van der Waals surface area contributed by atoms with Crippen LogP contribution in [0.2, 0.25) is 0 Å². The van der Waals surface area contributed by atoms with Crippen LogP contribution < -0.4 is 0 Å². The molecular formula is C8H9BrN4O2. The molecule has 0 spiro atoms. The number of pyridine rings is 1. The summed E-state index contributed by atoms with van der Waals surface area (Å²) < 4.78 is 0.565. The van der Waals surface area contributed by atoms with Crippen LogP contribution in [0.1, 0.15) is 11.7 Å². The fourth-order valence-electron chi connectivity index (χ4n) is 1.04. The summed E-state index contributed by atoms with van der Waals surface area (Å²) in [6, 6.07) is 3.17. The van der Waals surface area contributed by atoms with Crippen molar-refractivity contribution in [1.29, 1.82) is 0 Å². The molecule has 80 valence electrons. The molecule has 1 aromatic heterocycles. The van der Waals surface area contributed by atoms with Gasteiger partial charge in [-0.05, 0) is 39.2 Å². The predicted molar refractivity (Wildman–Crippen MR) is 56.9 cm³/mol. The van der Waals surface area contributed by atoms with Gasteiger partial charge in [0.05, 0.1) is 12.6 Å². The Morgan fingerprint density at radius 2 is 2.33 bits per heavy atom. The molecule has 2 unspecified atom stereocenters. The van der Waals surface area contributed by atoms with Crippen LogP contribution in [0.4, 0.5) is 0 Å². The maximum atomic E-state index is 9.66. The summed E-state index contributed by atoms with van der Waals surface area (Å²) in [6.45, 7) is -0.169. The molecule has 0 saturated heterocycles. The van der Waals surface area contributed by atoms with E-state index in [-0.39, 0.29) is 6.54 Å². The number of rotatable bonds is 4. The fraction of sp³-hybridized carbons (Fsp3) is 0.375. The van der Waals surface area contributed by atoms with E-state index in [0.717, 1.165) is 0 Å². The molecular weight excluding hydrogens is 264 g/mol. The van der Waals surface area contributed by atoms with Crippen molar-refractivity contribution in [2.24, 2.45) is 5.11 Å². The smallest absolute Gasteiger partial charge is 0.106 e. The fourth-order valence-corrected chi connectivity index (χ4v) is 1.43. The monoisotopic (exact) mass is 272 g/mol. The summed E-state index contributed by atoms with van der Waals surface area (Å²) in [5.41, 5.74) is 8.57. The first kappa shape index (κ1) is 11.9. The first-order valence-corrected chi connectivity index (χ1v) is 4.93. The molecule has 0 radical (unpaired) electrons. The summed E-state index contributed by atoms with van der Waals surface area (Å²) in [5, 5.41) is 22.3. The van der Waals surface area contributed by atoms with Crippen LogP contribution in [-0.4, -0.2) is 27.8 Å². The quantitative estimate of drug-likeness (QED) is 0.376. The van der Waals surface area contributed by atoms with Crippen molar-refractivity contribution in [3.05, 3.63) is 38.9 Å². The second-order valence-corrected chi connectivity index (χ2v) is 3.65. The number of hydrogen-bond acceptors (Lipinski definition) is 4. The van der Waals surface area contributed by atoms with Gasteiger partial charge in [-0.2, -0.15) is 0 Å². The summed E-state index contributed by atoms with van der Waals surface area (Å²) >= 11 is 3.15. The molecule has 1 heterocycles. The molecule has 0 fully saturated rings. The van der Waals surface area contributed by atoms with Gasteiger partial charge in [-0.25, -0.2) is 4.98 Å². The van der Waals surface area contributed by atoms with E-state index >= 15 is 0 Å². The van der Waals surface area contributed by atoms with E-state index in [1.54, 1.807) is 12.1 Å². The number of aliphatic hydroxyl groups is 2. The second-order valence-electron chi connectivity index (χ2n) is 2.84. The van der Waals surface area contributed by atoms with Gasteiger partial charge in [-0.1, -0.05) is 5.11 Å². The van der Waals surface area contributed by atoms with Crippen molar-refractivity contribution in [2.75, 3.05) is 6.54 Å². The Hall–Kier alpha value is -1.14. The molecule has 0 aliphatic rings. The topological polar surface area (TPSA) is 102 Å². The summed E-state index contributed by atoms with van der Waals surface area (Å²) in [6.07, 6.45) is -0.701. The Balaban J connectivity index is 2.75. The molecule has 7 heteroatoms. The Kier molecular flexibility index (Phi) is 4.51. The van der Waals surface area contributed by atoms with E-state index in [1.165, 1.54) is 6.20 Å². The van der Waals surface area contributed by atoms with Gasteiger partial charge < -0.3 is 10.2 Å². The normalized spacial score (nSPS) is 14.1. The minimum atomic E-state index is -1.12. The van der Waals surface area contributed by atoms with Crippen molar-refractivity contribution in [2.45, 2.75) is 12.2 Å². The molecule has 0 aliphatic heterocycles. The van der Waals surface area contributed by atoms with Gasteiger partial charge in [0, 0.05) is 11.1 Å². The van der Waals surface area contributed by atoms with E-state index in [1.807, 2.05) is 0 Å². The third-order valence-corrected chi connectivity index (χ3v) is 2.22. The van der Waals surface area contributed by atoms with E-state index in [0.29, 0.717) is 10.2 Å². The molecule has 0 amide bonds. The first-order chi connectivity index (χ1) is 7.15. The Bertz CT molecular complexity index is 381. The van der Waals surface area contributed by atoms with E-state index in [9.17, 15) is 10.2 Å². The maximum absolute atomic E-state index is 9.66. The summed E-state index contributed by atoms with van der Waals surface area (Å²) in [4.78, 5) is 6.39. The Labute approximate surface area is 94.3 Å². The van der Waals surface area contributed by atoms with Crippen LogP contribution >= 0.6 is 15.9 Å².